The first-order chi connectivity index (χ1) is 15.3. The second kappa shape index (κ2) is 9.88. The Morgan fingerprint density at radius 3 is 2.50 bits per heavy atom. The fraction of sp³-hybridized carbons (Fsp3) is 0.143. The van der Waals surface area contributed by atoms with E-state index in [1.54, 1.807) is 19.2 Å². The number of anilines is 1. The number of nitro benzene ring substituents is 1. The SMILES string of the molecule is CSc1ccc(C(=O)c2ccccc2C(=O)OCC(=O)Nc2cc(C)no2)cc1[N+](=O)[O-]. The Balaban J connectivity index is 1.77. The van der Waals surface area contributed by atoms with E-state index in [-0.39, 0.29) is 28.3 Å². The first-order valence-electron chi connectivity index (χ1n) is 9.16. The molecule has 32 heavy (non-hydrogen) atoms. The number of aryl methyl sites for hydroxylation is 1. The van der Waals surface area contributed by atoms with Crippen molar-refractivity contribution in [3.63, 3.8) is 0 Å². The van der Waals surface area contributed by atoms with Crippen LogP contribution in [0.1, 0.15) is 32.0 Å². The summed E-state index contributed by atoms with van der Waals surface area (Å²) in [7, 11) is 0. The van der Waals surface area contributed by atoms with Crippen molar-refractivity contribution in [2.24, 2.45) is 0 Å². The smallest absolute Gasteiger partial charge is 0.339 e. The van der Waals surface area contributed by atoms with Crippen molar-refractivity contribution in [2.45, 2.75) is 11.8 Å². The number of carbonyl (C=O) groups excluding carboxylic acids is 3. The predicted octanol–water partition coefficient (Wildman–Crippen LogP) is 3.64. The van der Waals surface area contributed by atoms with E-state index in [9.17, 15) is 24.5 Å². The summed E-state index contributed by atoms with van der Waals surface area (Å²) in [6.45, 7) is 1.06. The van der Waals surface area contributed by atoms with E-state index in [0.29, 0.717) is 10.6 Å². The van der Waals surface area contributed by atoms with E-state index in [2.05, 4.69) is 10.5 Å². The molecule has 10 nitrogen and oxygen atoms in total. The minimum atomic E-state index is -0.895. The molecule has 0 saturated heterocycles. The standard InChI is InChI=1S/C21H17N3O7S/c1-12-9-19(31-23-12)22-18(25)11-30-21(27)15-6-4-3-5-14(15)20(26)13-7-8-17(32-2)16(10-13)24(28)29/h3-10H,11H2,1-2H3,(H,22,25). The third kappa shape index (κ3) is 5.19. The highest BCUT2D eigenvalue weighted by atomic mass is 32.2. The van der Waals surface area contributed by atoms with E-state index in [1.807, 2.05) is 0 Å². The van der Waals surface area contributed by atoms with Gasteiger partial charge in [0.05, 0.1) is 21.1 Å². The molecule has 0 atom stereocenters. The molecular weight excluding hydrogens is 438 g/mol. The van der Waals surface area contributed by atoms with Gasteiger partial charge in [-0.25, -0.2) is 4.79 Å². The van der Waals surface area contributed by atoms with Gasteiger partial charge in [-0.3, -0.25) is 25.0 Å². The van der Waals surface area contributed by atoms with E-state index in [0.717, 1.165) is 0 Å². The Morgan fingerprint density at radius 1 is 1.16 bits per heavy atom. The number of rotatable bonds is 8. The minimum Gasteiger partial charge on any atom is -0.452 e. The van der Waals surface area contributed by atoms with Crippen LogP contribution in [0.15, 0.2) is 57.9 Å². The number of amides is 1. The summed E-state index contributed by atoms with van der Waals surface area (Å²) in [5.41, 5.74) is 0.332. The first kappa shape index (κ1) is 22.7. The van der Waals surface area contributed by atoms with Crippen LogP contribution in [-0.4, -0.2) is 40.6 Å². The largest absolute Gasteiger partial charge is 0.452 e. The zero-order valence-corrected chi connectivity index (χ0v) is 17.8. The van der Waals surface area contributed by atoms with Gasteiger partial charge in [-0.05, 0) is 31.4 Å². The van der Waals surface area contributed by atoms with Crippen LogP contribution in [0.3, 0.4) is 0 Å². The lowest BCUT2D eigenvalue weighted by Gasteiger charge is -2.09. The Hall–Kier alpha value is -3.99. The number of carbonyl (C=O) groups is 3. The molecule has 2 aromatic carbocycles. The van der Waals surface area contributed by atoms with Crippen molar-refractivity contribution in [3.05, 3.63) is 81.0 Å². The molecule has 0 aliphatic rings. The van der Waals surface area contributed by atoms with Crippen LogP contribution in [0.25, 0.3) is 0 Å². The van der Waals surface area contributed by atoms with Gasteiger partial charge in [-0.15, -0.1) is 11.8 Å². The van der Waals surface area contributed by atoms with Gasteiger partial charge in [-0.2, -0.15) is 0 Å². The Bertz CT molecular complexity index is 1210. The fourth-order valence-corrected chi connectivity index (χ4v) is 3.34. The second-order valence-electron chi connectivity index (χ2n) is 6.48. The summed E-state index contributed by atoms with van der Waals surface area (Å²) in [6.07, 6.45) is 1.69. The van der Waals surface area contributed by atoms with Crippen LogP contribution in [0.5, 0.6) is 0 Å². The molecule has 1 N–H and O–H groups in total. The number of nitro groups is 1. The van der Waals surface area contributed by atoms with Crippen LogP contribution in [0, 0.1) is 17.0 Å². The maximum absolute atomic E-state index is 13.0. The summed E-state index contributed by atoms with van der Waals surface area (Å²) >= 11 is 1.18. The molecule has 1 heterocycles. The maximum Gasteiger partial charge on any atom is 0.339 e. The molecule has 1 aromatic heterocycles. The van der Waals surface area contributed by atoms with Gasteiger partial charge in [0.25, 0.3) is 11.6 Å². The van der Waals surface area contributed by atoms with Crippen molar-refractivity contribution in [2.75, 3.05) is 18.2 Å². The number of hydrogen-bond acceptors (Lipinski definition) is 9. The molecule has 164 valence electrons. The lowest BCUT2D eigenvalue weighted by molar-refractivity contribution is -0.387. The summed E-state index contributed by atoms with van der Waals surface area (Å²) < 4.78 is 9.87. The molecule has 3 rings (SSSR count). The zero-order chi connectivity index (χ0) is 23.3. The second-order valence-corrected chi connectivity index (χ2v) is 7.32. The number of aromatic nitrogens is 1. The van der Waals surface area contributed by atoms with Crippen LogP contribution >= 0.6 is 11.8 Å². The number of hydrogen-bond donors (Lipinski definition) is 1. The number of ether oxygens (including phenoxy) is 1. The summed E-state index contributed by atoms with van der Waals surface area (Å²) in [5.74, 6) is -2.03. The quantitative estimate of drug-likeness (QED) is 0.177. The summed E-state index contributed by atoms with van der Waals surface area (Å²) in [5, 5.41) is 17.3. The van der Waals surface area contributed by atoms with Gasteiger partial charge < -0.3 is 9.26 Å². The van der Waals surface area contributed by atoms with Crippen molar-refractivity contribution in [3.8, 4) is 0 Å². The zero-order valence-electron chi connectivity index (χ0n) is 17.0. The molecule has 0 aliphatic heterocycles. The minimum absolute atomic E-state index is 0.00466. The van der Waals surface area contributed by atoms with E-state index in [4.69, 9.17) is 9.26 Å². The summed E-state index contributed by atoms with van der Waals surface area (Å²) in [6, 6.07) is 11.5. The number of benzene rings is 2. The molecule has 0 fully saturated rings. The summed E-state index contributed by atoms with van der Waals surface area (Å²) in [4.78, 5) is 48.6. The van der Waals surface area contributed by atoms with Gasteiger partial charge in [0, 0.05) is 23.3 Å². The highest BCUT2D eigenvalue weighted by molar-refractivity contribution is 7.98. The van der Waals surface area contributed by atoms with Crippen molar-refractivity contribution in [1.82, 2.24) is 5.16 Å². The maximum atomic E-state index is 13.0. The third-order valence-corrected chi connectivity index (χ3v) is 5.04. The highest BCUT2D eigenvalue weighted by Crippen LogP contribution is 2.29. The monoisotopic (exact) mass is 455 g/mol. The van der Waals surface area contributed by atoms with Crippen molar-refractivity contribution >= 4 is 41.0 Å². The third-order valence-electron chi connectivity index (χ3n) is 4.25. The number of thioether (sulfide) groups is 1. The molecule has 1 amide bonds. The number of nitrogens with zero attached hydrogens (tertiary/aromatic N) is 2. The van der Waals surface area contributed by atoms with E-state index < -0.39 is 29.2 Å². The molecule has 0 unspecified atom stereocenters. The van der Waals surface area contributed by atoms with E-state index in [1.165, 1.54) is 54.2 Å². The molecule has 0 saturated carbocycles. The lowest BCUT2D eigenvalue weighted by atomic mass is 9.98. The number of esters is 1. The lowest BCUT2D eigenvalue weighted by Crippen LogP contribution is -2.21. The normalized spacial score (nSPS) is 10.4. The van der Waals surface area contributed by atoms with Crippen LogP contribution in [0.4, 0.5) is 11.6 Å². The highest BCUT2D eigenvalue weighted by Gasteiger charge is 2.23. The molecular formula is C21H17N3O7S. The van der Waals surface area contributed by atoms with Gasteiger partial charge in [-0.1, -0.05) is 23.4 Å². The first-order valence-corrected chi connectivity index (χ1v) is 10.4. The topological polar surface area (TPSA) is 142 Å². The Kier molecular flexibility index (Phi) is 7.00. The van der Waals surface area contributed by atoms with Crippen LogP contribution in [-0.2, 0) is 9.53 Å². The average Bonchev–Trinajstić information content (AvgIpc) is 3.20. The average molecular weight is 455 g/mol. The van der Waals surface area contributed by atoms with Crippen molar-refractivity contribution < 1.29 is 28.6 Å². The Labute approximate surface area is 186 Å². The molecule has 3 aromatic rings. The molecule has 11 heteroatoms. The Morgan fingerprint density at radius 2 is 1.88 bits per heavy atom. The van der Waals surface area contributed by atoms with Gasteiger partial charge >= 0.3 is 5.97 Å². The van der Waals surface area contributed by atoms with E-state index >= 15 is 0 Å². The molecule has 0 aliphatic carbocycles. The molecule has 0 bridgehead atoms. The van der Waals surface area contributed by atoms with Crippen molar-refractivity contribution in [1.29, 1.82) is 0 Å². The molecule has 0 radical (unpaired) electrons. The number of nitrogens with one attached hydrogen (secondary N) is 1. The predicted molar refractivity (Wildman–Crippen MR) is 115 cm³/mol. The molecule has 0 spiro atoms. The van der Waals surface area contributed by atoms with Crippen LogP contribution < -0.4 is 5.32 Å². The van der Waals surface area contributed by atoms with Gasteiger partial charge in [0.2, 0.25) is 5.88 Å². The number of ketones is 1. The fourth-order valence-electron chi connectivity index (χ4n) is 2.79. The van der Waals surface area contributed by atoms with Gasteiger partial charge in [0.1, 0.15) is 0 Å². The van der Waals surface area contributed by atoms with Gasteiger partial charge in [0.15, 0.2) is 12.4 Å². The van der Waals surface area contributed by atoms with Crippen LogP contribution in [0.2, 0.25) is 0 Å².